The van der Waals surface area contributed by atoms with Gasteiger partial charge in [-0.25, -0.2) is 4.68 Å². The van der Waals surface area contributed by atoms with Gasteiger partial charge in [-0.05, 0) is 17.7 Å². The van der Waals surface area contributed by atoms with Crippen LogP contribution in [0.5, 0.6) is 0 Å². The smallest absolute Gasteiger partial charge is 0.267 e. The number of hydrogen-bond donors (Lipinski definition) is 2. The molecule has 3 aromatic rings. The summed E-state index contributed by atoms with van der Waals surface area (Å²) in [4.78, 5) is 23.8. The predicted octanol–water partition coefficient (Wildman–Crippen LogP) is 2.05. The average molecular weight is 293 g/mol. The standard InChI is InChI=1S/C17H15N3O2/c18-17(22)15-11-13-8-4-5-9-14(13)20(15)19-16(21)10-12-6-2-1-3-7-12/h1-9,11H,10H2,(H2,18,22)(H,19,21). The van der Waals surface area contributed by atoms with Crippen LogP contribution in [0.2, 0.25) is 0 Å². The quantitative estimate of drug-likeness (QED) is 0.772. The average Bonchev–Trinajstić information content (AvgIpc) is 2.87. The zero-order chi connectivity index (χ0) is 15.5. The number of primary amides is 1. The van der Waals surface area contributed by atoms with Crippen LogP contribution in [0, 0.1) is 0 Å². The number of carbonyl (C=O) groups excluding carboxylic acids is 2. The third kappa shape index (κ3) is 2.69. The van der Waals surface area contributed by atoms with Crippen molar-refractivity contribution in [3.8, 4) is 0 Å². The van der Waals surface area contributed by atoms with Crippen LogP contribution in [0.1, 0.15) is 16.1 Å². The molecule has 0 aliphatic heterocycles. The second kappa shape index (κ2) is 5.73. The van der Waals surface area contributed by atoms with Crippen molar-refractivity contribution in [1.82, 2.24) is 4.68 Å². The zero-order valence-electron chi connectivity index (χ0n) is 11.8. The SMILES string of the molecule is NC(=O)c1cc2ccccc2n1NC(=O)Cc1ccccc1. The highest BCUT2D eigenvalue weighted by Crippen LogP contribution is 2.18. The summed E-state index contributed by atoms with van der Waals surface area (Å²) in [5.74, 6) is -0.800. The fourth-order valence-corrected chi connectivity index (χ4v) is 2.40. The fourth-order valence-electron chi connectivity index (χ4n) is 2.40. The van der Waals surface area contributed by atoms with Crippen molar-refractivity contribution in [2.75, 3.05) is 5.43 Å². The molecule has 0 spiro atoms. The lowest BCUT2D eigenvalue weighted by atomic mass is 10.1. The van der Waals surface area contributed by atoms with Gasteiger partial charge in [-0.15, -0.1) is 0 Å². The number of benzene rings is 2. The summed E-state index contributed by atoms with van der Waals surface area (Å²) in [7, 11) is 0. The van der Waals surface area contributed by atoms with Crippen LogP contribution < -0.4 is 11.2 Å². The minimum Gasteiger partial charge on any atom is -0.364 e. The van der Waals surface area contributed by atoms with Crippen LogP contribution in [0.3, 0.4) is 0 Å². The maximum atomic E-state index is 12.2. The molecule has 5 heteroatoms. The summed E-state index contributed by atoms with van der Waals surface area (Å²) in [5, 5.41) is 0.844. The molecule has 0 unspecified atom stereocenters. The molecule has 0 saturated heterocycles. The Bertz CT molecular complexity index is 837. The first-order valence-corrected chi connectivity index (χ1v) is 6.89. The van der Waals surface area contributed by atoms with Gasteiger partial charge in [0.05, 0.1) is 11.9 Å². The number of para-hydroxylation sites is 1. The number of nitrogens with two attached hydrogens (primary N) is 1. The first-order valence-electron chi connectivity index (χ1n) is 6.89. The molecule has 5 nitrogen and oxygen atoms in total. The van der Waals surface area contributed by atoms with E-state index in [1.165, 1.54) is 4.68 Å². The summed E-state index contributed by atoms with van der Waals surface area (Å²) >= 11 is 0. The van der Waals surface area contributed by atoms with E-state index in [0.717, 1.165) is 16.5 Å². The second-order valence-electron chi connectivity index (χ2n) is 4.99. The third-order valence-electron chi connectivity index (χ3n) is 3.41. The molecule has 2 amide bonds. The van der Waals surface area contributed by atoms with Crippen molar-refractivity contribution < 1.29 is 9.59 Å². The molecule has 0 bridgehead atoms. The monoisotopic (exact) mass is 293 g/mol. The van der Waals surface area contributed by atoms with Crippen LogP contribution in [0.15, 0.2) is 60.7 Å². The Kier molecular flexibility index (Phi) is 3.62. The van der Waals surface area contributed by atoms with Crippen molar-refractivity contribution >= 4 is 22.7 Å². The molecule has 3 N–H and O–H groups in total. The fraction of sp³-hybridized carbons (Fsp3) is 0.0588. The number of rotatable bonds is 4. The van der Waals surface area contributed by atoms with E-state index in [1.807, 2.05) is 54.6 Å². The molecule has 2 aromatic carbocycles. The highest BCUT2D eigenvalue weighted by atomic mass is 16.2. The molecule has 22 heavy (non-hydrogen) atoms. The number of fused-ring (bicyclic) bond motifs is 1. The van der Waals surface area contributed by atoms with Gasteiger partial charge >= 0.3 is 0 Å². The molecule has 1 aromatic heterocycles. The Balaban J connectivity index is 1.91. The molecule has 0 aliphatic rings. The molecular formula is C17H15N3O2. The van der Waals surface area contributed by atoms with Crippen molar-refractivity contribution in [1.29, 1.82) is 0 Å². The Morgan fingerprint density at radius 3 is 2.41 bits per heavy atom. The lowest BCUT2D eigenvalue weighted by Crippen LogP contribution is -2.29. The first kappa shape index (κ1) is 13.9. The van der Waals surface area contributed by atoms with Gasteiger partial charge in [-0.1, -0.05) is 48.5 Å². The lowest BCUT2D eigenvalue weighted by molar-refractivity contribution is -0.116. The molecular weight excluding hydrogens is 278 g/mol. The van der Waals surface area contributed by atoms with Crippen LogP contribution in [-0.4, -0.2) is 16.5 Å². The van der Waals surface area contributed by atoms with Gasteiger partial charge in [-0.2, -0.15) is 0 Å². The van der Waals surface area contributed by atoms with Gasteiger partial charge in [0, 0.05) is 5.39 Å². The normalized spacial score (nSPS) is 10.5. The Morgan fingerprint density at radius 1 is 1.00 bits per heavy atom. The van der Waals surface area contributed by atoms with E-state index >= 15 is 0 Å². The Labute approximate surface area is 127 Å². The Hall–Kier alpha value is -3.08. The van der Waals surface area contributed by atoms with Crippen LogP contribution in [0.25, 0.3) is 10.9 Å². The minimum atomic E-state index is -0.587. The number of hydrogen-bond acceptors (Lipinski definition) is 2. The van der Waals surface area contributed by atoms with Crippen molar-refractivity contribution in [2.24, 2.45) is 5.73 Å². The maximum Gasteiger partial charge on any atom is 0.267 e. The van der Waals surface area contributed by atoms with E-state index in [-0.39, 0.29) is 18.0 Å². The predicted molar refractivity (Wildman–Crippen MR) is 85.0 cm³/mol. The summed E-state index contributed by atoms with van der Waals surface area (Å²) in [5.41, 5.74) is 10.0. The molecule has 0 saturated carbocycles. The molecule has 0 aliphatic carbocycles. The van der Waals surface area contributed by atoms with Gasteiger partial charge in [0.2, 0.25) is 5.91 Å². The number of carbonyl (C=O) groups is 2. The van der Waals surface area contributed by atoms with E-state index in [1.54, 1.807) is 6.07 Å². The highest BCUT2D eigenvalue weighted by molar-refractivity contribution is 5.99. The van der Waals surface area contributed by atoms with E-state index < -0.39 is 5.91 Å². The molecule has 0 radical (unpaired) electrons. The first-order chi connectivity index (χ1) is 10.6. The summed E-state index contributed by atoms with van der Waals surface area (Å²) in [6, 6.07) is 18.5. The van der Waals surface area contributed by atoms with E-state index in [4.69, 9.17) is 5.73 Å². The number of nitrogens with one attached hydrogen (secondary N) is 1. The van der Waals surface area contributed by atoms with Crippen molar-refractivity contribution in [2.45, 2.75) is 6.42 Å². The lowest BCUT2D eigenvalue weighted by Gasteiger charge is -2.10. The minimum absolute atomic E-state index is 0.213. The highest BCUT2D eigenvalue weighted by Gasteiger charge is 2.15. The summed E-state index contributed by atoms with van der Waals surface area (Å²) in [6.07, 6.45) is 0.228. The van der Waals surface area contributed by atoms with Gasteiger partial charge in [0.15, 0.2) is 0 Å². The molecule has 110 valence electrons. The van der Waals surface area contributed by atoms with Gasteiger partial charge in [-0.3, -0.25) is 15.0 Å². The Morgan fingerprint density at radius 2 is 1.68 bits per heavy atom. The number of amides is 2. The van der Waals surface area contributed by atoms with Crippen LogP contribution in [0.4, 0.5) is 0 Å². The van der Waals surface area contributed by atoms with Crippen molar-refractivity contribution in [3.63, 3.8) is 0 Å². The van der Waals surface area contributed by atoms with Crippen LogP contribution >= 0.6 is 0 Å². The van der Waals surface area contributed by atoms with Gasteiger partial charge in [0.25, 0.3) is 5.91 Å². The molecule has 0 atom stereocenters. The van der Waals surface area contributed by atoms with E-state index in [9.17, 15) is 9.59 Å². The molecule has 1 heterocycles. The van der Waals surface area contributed by atoms with Crippen LogP contribution in [-0.2, 0) is 11.2 Å². The van der Waals surface area contributed by atoms with Gasteiger partial charge < -0.3 is 5.73 Å². The largest absolute Gasteiger partial charge is 0.364 e. The molecule has 3 rings (SSSR count). The maximum absolute atomic E-state index is 12.2. The van der Waals surface area contributed by atoms with Gasteiger partial charge in [0.1, 0.15) is 5.69 Å². The topological polar surface area (TPSA) is 77.1 Å². The zero-order valence-corrected chi connectivity index (χ0v) is 11.8. The summed E-state index contributed by atoms with van der Waals surface area (Å²) < 4.78 is 1.45. The van der Waals surface area contributed by atoms with E-state index in [2.05, 4.69) is 5.43 Å². The second-order valence-corrected chi connectivity index (χ2v) is 4.99. The summed E-state index contributed by atoms with van der Waals surface area (Å²) in [6.45, 7) is 0. The third-order valence-corrected chi connectivity index (χ3v) is 3.41. The van der Waals surface area contributed by atoms with E-state index in [0.29, 0.717) is 0 Å². The number of nitrogens with zero attached hydrogens (tertiary/aromatic N) is 1. The van der Waals surface area contributed by atoms with Crippen molar-refractivity contribution in [3.05, 3.63) is 71.9 Å². The molecule has 0 fully saturated rings. The number of aromatic nitrogens is 1.